The molecule has 0 aliphatic heterocycles. The molecule has 0 aliphatic carbocycles. The Morgan fingerprint density at radius 3 is 2.37 bits per heavy atom. The minimum absolute atomic E-state index is 0.369. The Balaban J connectivity index is 2.00. The van der Waals surface area contributed by atoms with E-state index >= 15 is 0 Å². The van der Waals surface area contributed by atoms with E-state index < -0.39 is 5.91 Å². The van der Waals surface area contributed by atoms with Gasteiger partial charge >= 0.3 is 0 Å². The molecule has 35 heavy (non-hydrogen) atoms. The number of amides is 1. The molecule has 1 unspecified atom stereocenters. The molecule has 0 saturated carbocycles. The first-order chi connectivity index (χ1) is 16.9. The number of nitrogens with zero attached hydrogens (tertiary/aromatic N) is 3. The maximum Gasteiger partial charge on any atom is 0.250 e. The number of aromatic nitrogens is 1. The van der Waals surface area contributed by atoms with E-state index in [1.54, 1.807) is 12.1 Å². The number of carbonyl (C=O) groups excluding carboxylic acids is 1. The van der Waals surface area contributed by atoms with Crippen LogP contribution < -0.4 is 10.5 Å². The van der Waals surface area contributed by atoms with E-state index in [0.29, 0.717) is 11.4 Å². The average Bonchev–Trinajstić information content (AvgIpc) is 2.85. The summed E-state index contributed by atoms with van der Waals surface area (Å²) in [4.78, 5) is 20.7. The molecule has 0 spiro atoms. The number of ether oxygens (including phenoxy) is 1. The number of carbonyl (C=O) groups is 1. The van der Waals surface area contributed by atoms with Crippen LogP contribution in [0.1, 0.15) is 81.3 Å². The fraction of sp³-hybridized carbons (Fsp3) is 0.586. The van der Waals surface area contributed by atoms with Crippen molar-refractivity contribution in [1.82, 2.24) is 14.8 Å². The Morgan fingerprint density at radius 1 is 1.00 bits per heavy atom. The van der Waals surface area contributed by atoms with Crippen LogP contribution in [0.25, 0.3) is 0 Å². The summed E-state index contributed by atoms with van der Waals surface area (Å²) in [6, 6.07) is 9.52. The standard InChI is InChI=1S/C29H46N4O2/c1-6-9-16-33(19-18-32(15-7-2)17-14-23(4)8-3)22-26-10-12-27(20-24(26)5)35-28-13-11-25(21-31-28)29(30)34/h10-13,20-21,23H,6-9,14-19,22H2,1-5H3,(H2,30,34). The van der Waals surface area contributed by atoms with Crippen LogP contribution in [0, 0.1) is 12.8 Å². The van der Waals surface area contributed by atoms with Gasteiger partial charge in [0.2, 0.25) is 11.8 Å². The van der Waals surface area contributed by atoms with E-state index in [1.807, 2.05) is 6.07 Å². The second kappa shape index (κ2) is 15.5. The molecule has 1 aromatic heterocycles. The number of rotatable bonds is 17. The Morgan fingerprint density at radius 2 is 1.77 bits per heavy atom. The Kier molecular flexibility index (Phi) is 12.8. The molecular formula is C29H46N4O2. The van der Waals surface area contributed by atoms with Gasteiger partial charge in [0.05, 0.1) is 5.56 Å². The molecule has 0 fully saturated rings. The van der Waals surface area contributed by atoms with Gasteiger partial charge in [0.1, 0.15) is 5.75 Å². The van der Waals surface area contributed by atoms with Crippen LogP contribution in [-0.2, 0) is 6.54 Å². The summed E-state index contributed by atoms with van der Waals surface area (Å²) in [5.74, 6) is 1.49. The highest BCUT2D eigenvalue weighted by molar-refractivity contribution is 5.92. The maximum absolute atomic E-state index is 11.2. The molecule has 1 heterocycles. The molecule has 2 N–H and O–H groups in total. The first-order valence-corrected chi connectivity index (χ1v) is 13.3. The van der Waals surface area contributed by atoms with E-state index in [2.05, 4.69) is 61.5 Å². The summed E-state index contributed by atoms with van der Waals surface area (Å²) < 4.78 is 5.90. The molecule has 0 aliphatic rings. The van der Waals surface area contributed by atoms with E-state index in [0.717, 1.165) is 37.8 Å². The van der Waals surface area contributed by atoms with Crippen LogP contribution in [-0.4, -0.2) is 53.4 Å². The maximum atomic E-state index is 11.2. The zero-order valence-corrected chi connectivity index (χ0v) is 22.6. The molecule has 1 aromatic carbocycles. The number of hydrogen-bond donors (Lipinski definition) is 1. The highest BCUT2D eigenvalue weighted by atomic mass is 16.5. The normalized spacial score (nSPS) is 12.3. The number of hydrogen-bond acceptors (Lipinski definition) is 5. The van der Waals surface area contributed by atoms with Crippen LogP contribution >= 0.6 is 0 Å². The molecule has 6 nitrogen and oxygen atoms in total. The topological polar surface area (TPSA) is 71.7 Å². The van der Waals surface area contributed by atoms with Gasteiger partial charge in [-0.3, -0.25) is 9.69 Å². The van der Waals surface area contributed by atoms with Gasteiger partial charge in [-0.25, -0.2) is 4.98 Å². The van der Waals surface area contributed by atoms with E-state index in [1.165, 1.54) is 62.5 Å². The van der Waals surface area contributed by atoms with Crippen LogP contribution in [0.15, 0.2) is 36.5 Å². The van der Waals surface area contributed by atoms with Crippen molar-refractivity contribution in [3.63, 3.8) is 0 Å². The summed E-state index contributed by atoms with van der Waals surface area (Å²) in [5, 5.41) is 0. The number of pyridine rings is 1. The summed E-state index contributed by atoms with van der Waals surface area (Å²) >= 11 is 0. The van der Waals surface area contributed by atoms with Crippen molar-refractivity contribution in [1.29, 1.82) is 0 Å². The lowest BCUT2D eigenvalue weighted by Gasteiger charge is -2.28. The van der Waals surface area contributed by atoms with Gasteiger partial charge in [0, 0.05) is 31.9 Å². The number of nitrogens with two attached hydrogens (primary N) is 1. The zero-order valence-electron chi connectivity index (χ0n) is 22.6. The SMILES string of the molecule is CCCCN(CCN(CCC)CCC(C)CC)Cc1ccc(Oc2ccc(C(N)=O)cn2)cc1C. The van der Waals surface area contributed by atoms with Crippen molar-refractivity contribution in [2.75, 3.05) is 32.7 Å². The molecule has 2 rings (SSSR count). The second-order valence-electron chi connectivity index (χ2n) is 9.71. The van der Waals surface area contributed by atoms with Crippen LogP contribution in [0.2, 0.25) is 0 Å². The van der Waals surface area contributed by atoms with E-state index in [9.17, 15) is 4.79 Å². The van der Waals surface area contributed by atoms with Gasteiger partial charge in [-0.05, 0) is 81.1 Å². The third-order valence-corrected chi connectivity index (χ3v) is 6.69. The second-order valence-corrected chi connectivity index (χ2v) is 9.71. The minimum atomic E-state index is -0.495. The third kappa shape index (κ3) is 10.4. The minimum Gasteiger partial charge on any atom is -0.439 e. The quantitative estimate of drug-likeness (QED) is 0.298. The van der Waals surface area contributed by atoms with Gasteiger partial charge in [-0.15, -0.1) is 0 Å². The summed E-state index contributed by atoms with van der Waals surface area (Å²) in [6.07, 6.45) is 7.61. The third-order valence-electron chi connectivity index (χ3n) is 6.69. The van der Waals surface area contributed by atoms with Gasteiger partial charge in [0.25, 0.3) is 0 Å². The Labute approximate surface area is 212 Å². The van der Waals surface area contributed by atoms with Gasteiger partial charge in [-0.2, -0.15) is 0 Å². The van der Waals surface area contributed by atoms with Crippen molar-refractivity contribution in [3.8, 4) is 11.6 Å². The largest absolute Gasteiger partial charge is 0.439 e. The Bertz CT molecular complexity index is 885. The van der Waals surface area contributed by atoms with Gasteiger partial charge in [0.15, 0.2) is 0 Å². The average molecular weight is 483 g/mol. The molecule has 0 saturated heterocycles. The smallest absolute Gasteiger partial charge is 0.250 e. The zero-order chi connectivity index (χ0) is 25.6. The first kappa shape index (κ1) is 28.8. The lowest BCUT2D eigenvalue weighted by molar-refractivity contribution is 0.1000. The highest BCUT2D eigenvalue weighted by Crippen LogP contribution is 2.23. The van der Waals surface area contributed by atoms with Crippen molar-refractivity contribution >= 4 is 5.91 Å². The van der Waals surface area contributed by atoms with Crippen LogP contribution in [0.4, 0.5) is 0 Å². The molecular weight excluding hydrogens is 436 g/mol. The van der Waals surface area contributed by atoms with Crippen molar-refractivity contribution in [2.45, 2.75) is 73.3 Å². The summed E-state index contributed by atoms with van der Waals surface area (Å²) in [7, 11) is 0. The molecule has 194 valence electrons. The number of benzene rings is 1. The van der Waals surface area contributed by atoms with E-state index in [4.69, 9.17) is 10.5 Å². The summed E-state index contributed by atoms with van der Waals surface area (Å²) in [5.41, 5.74) is 8.19. The highest BCUT2D eigenvalue weighted by Gasteiger charge is 2.13. The molecule has 0 bridgehead atoms. The lowest BCUT2D eigenvalue weighted by atomic mass is 10.1. The monoisotopic (exact) mass is 482 g/mol. The van der Waals surface area contributed by atoms with Crippen LogP contribution in [0.3, 0.4) is 0 Å². The van der Waals surface area contributed by atoms with E-state index in [-0.39, 0.29) is 0 Å². The number of aryl methyl sites for hydroxylation is 1. The predicted molar refractivity (Wildman–Crippen MR) is 145 cm³/mol. The van der Waals surface area contributed by atoms with Crippen LogP contribution in [0.5, 0.6) is 11.6 Å². The molecule has 1 amide bonds. The van der Waals surface area contributed by atoms with Gasteiger partial charge < -0.3 is 15.4 Å². The molecule has 1 atom stereocenters. The lowest BCUT2D eigenvalue weighted by Crippen LogP contribution is -2.37. The fourth-order valence-corrected chi connectivity index (χ4v) is 4.05. The van der Waals surface area contributed by atoms with Crippen molar-refractivity contribution in [2.24, 2.45) is 11.7 Å². The number of primary amides is 1. The first-order valence-electron chi connectivity index (χ1n) is 13.3. The molecule has 2 aromatic rings. The van der Waals surface area contributed by atoms with Crippen molar-refractivity contribution < 1.29 is 9.53 Å². The molecule has 6 heteroatoms. The Hall–Kier alpha value is -2.44. The fourth-order valence-electron chi connectivity index (χ4n) is 4.05. The summed E-state index contributed by atoms with van der Waals surface area (Å²) in [6.45, 7) is 18.0. The predicted octanol–water partition coefficient (Wildman–Crippen LogP) is 6.03. The van der Waals surface area contributed by atoms with Gasteiger partial charge in [-0.1, -0.05) is 46.6 Å². The molecule has 0 radical (unpaired) electrons. The number of unbranched alkanes of at least 4 members (excludes halogenated alkanes) is 1. The van der Waals surface area contributed by atoms with Crippen molar-refractivity contribution in [3.05, 3.63) is 53.2 Å².